The van der Waals surface area contributed by atoms with Gasteiger partial charge in [0.1, 0.15) is 23.7 Å². The van der Waals surface area contributed by atoms with Gasteiger partial charge in [-0.05, 0) is 29.5 Å². The number of nitrogens with one attached hydrogen (secondary N) is 2. The van der Waals surface area contributed by atoms with E-state index in [1.807, 2.05) is 59.2 Å². The van der Waals surface area contributed by atoms with Gasteiger partial charge in [0.15, 0.2) is 0 Å². The maximum absolute atomic E-state index is 14.2. The summed E-state index contributed by atoms with van der Waals surface area (Å²) in [6.45, 7) is 0.383. The third-order valence-electron chi connectivity index (χ3n) is 9.04. The van der Waals surface area contributed by atoms with Gasteiger partial charge in [-0.1, -0.05) is 91.0 Å². The number of imidazole rings is 1. The minimum atomic E-state index is -1.14. The molecule has 6 rings (SSSR count). The molecule has 2 saturated heterocycles. The number of likely N-dealkylation sites (tertiary alicyclic amines) is 1. The topological polar surface area (TPSA) is 140 Å². The highest BCUT2D eigenvalue weighted by atomic mass is 16.2. The van der Waals surface area contributed by atoms with Gasteiger partial charge < -0.3 is 20.1 Å². The van der Waals surface area contributed by atoms with Crippen LogP contribution in [0.25, 0.3) is 0 Å². The van der Waals surface area contributed by atoms with Gasteiger partial charge in [0.25, 0.3) is 0 Å². The van der Waals surface area contributed by atoms with Crippen LogP contribution in [0.5, 0.6) is 0 Å². The predicted octanol–water partition coefficient (Wildman–Crippen LogP) is 3.21. The zero-order valence-corrected chi connectivity index (χ0v) is 26.0. The number of carbonyl (C=O) groups is 4. The standard InChI is InChI=1S/C36H35N7O4/c1-41-32(44)21-30(40-35(41)47)33(45)39-31(34(46)42-19-11-18-28(42)22-37)20-29-23-38-24-43(29)36(25-12-5-2-6-13-25,26-14-7-3-8-15-26)27-16-9-4-10-17-27/h2-10,12-17,23-24,28,30-31H,11,18-21H2,1H3,(H,39,45)(H,40,47)/t28-,30-,31-/m0/s1. The molecule has 0 aliphatic carbocycles. The summed E-state index contributed by atoms with van der Waals surface area (Å²) in [6, 6.07) is 28.7. The van der Waals surface area contributed by atoms with Gasteiger partial charge in [-0.15, -0.1) is 0 Å². The van der Waals surface area contributed by atoms with Crippen molar-refractivity contribution in [2.24, 2.45) is 0 Å². The molecule has 0 bridgehead atoms. The number of carbonyl (C=O) groups excluding carboxylic acids is 4. The Hall–Kier alpha value is -5.76. The van der Waals surface area contributed by atoms with E-state index in [-0.39, 0.29) is 12.8 Å². The molecule has 1 aromatic heterocycles. The summed E-state index contributed by atoms with van der Waals surface area (Å²) in [5.41, 5.74) is 2.61. The fourth-order valence-corrected chi connectivity index (χ4v) is 6.66. The van der Waals surface area contributed by atoms with Crippen LogP contribution in [0.3, 0.4) is 0 Å². The average molecular weight is 630 g/mol. The quantitative estimate of drug-likeness (QED) is 0.273. The molecule has 4 aromatic rings. The van der Waals surface area contributed by atoms with Crippen molar-refractivity contribution >= 4 is 23.8 Å². The maximum Gasteiger partial charge on any atom is 0.324 e. The molecule has 2 aliphatic rings. The fourth-order valence-electron chi connectivity index (χ4n) is 6.66. The number of amides is 5. The van der Waals surface area contributed by atoms with Gasteiger partial charge in [0, 0.05) is 31.9 Å². The summed E-state index contributed by atoms with van der Waals surface area (Å²) in [6.07, 6.45) is 4.41. The first-order valence-electron chi connectivity index (χ1n) is 15.6. The molecule has 3 aromatic carbocycles. The number of benzene rings is 3. The molecular weight excluding hydrogens is 594 g/mol. The van der Waals surface area contributed by atoms with E-state index >= 15 is 0 Å². The highest BCUT2D eigenvalue weighted by molar-refractivity contribution is 6.03. The van der Waals surface area contributed by atoms with Crippen molar-refractivity contribution < 1.29 is 19.2 Å². The molecule has 2 N–H and O–H groups in total. The van der Waals surface area contributed by atoms with E-state index in [4.69, 9.17) is 0 Å². The van der Waals surface area contributed by atoms with E-state index in [1.165, 1.54) is 11.9 Å². The van der Waals surface area contributed by atoms with Gasteiger partial charge in [-0.25, -0.2) is 9.78 Å². The Morgan fingerprint density at radius 2 is 1.55 bits per heavy atom. The highest BCUT2D eigenvalue weighted by Gasteiger charge is 2.42. The lowest BCUT2D eigenvalue weighted by Gasteiger charge is -2.39. The molecule has 3 heterocycles. The number of nitrogens with zero attached hydrogens (tertiary/aromatic N) is 5. The van der Waals surface area contributed by atoms with Crippen molar-refractivity contribution in [3.8, 4) is 6.07 Å². The molecule has 5 amide bonds. The van der Waals surface area contributed by atoms with E-state index in [1.54, 1.807) is 12.5 Å². The smallest absolute Gasteiger partial charge is 0.324 e. The zero-order chi connectivity index (χ0) is 33.0. The first-order valence-corrected chi connectivity index (χ1v) is 15.6. The summed E-state index contributed by atoms with van der Waals surface area (Å²) >= 11 is 0. The minimum absolute atomic E-state index is 0.0298. The van der Waals surface area contributed by atoms with Crippen LogP contribution in [0.15, 0.2) is 104 Å². The molecule has 11 nitrogen and oxygen atoms in total. The van der Waals surface area contributed by atoms with Gasteiger partial charge in [-0.2, -0.15) is 5.26 Å². The van der Waals surface area contributed by atoms with Crippen LogP contribution in [0.4, 0.5) is 4.79 Å². The lowest BCUT2D eigenvalue weighted by atomic mass is 9.76. The molecule has 47 heavy (non-hydrogen) atoms. The number of hydrogen-bond donors (Lipinski definition) is 2. The molecule has 0 unspecified atom stereocenters. The van der Waals surface area contributed by atoms with Gasteiger partial charge in [0.05, 0.1) is 18.8 Å². The third kappa shape index (κ3) is 5.86. The number of imide groups is 1. The Labute approximate surface area is 272 Å². The van der Waals surface area contributed by atoms with Crippen molar-refractivity contribution in [2.45, 2.75) is 49.3 Å². The average Bonchev–Trinajstić information content (AvgIpc) is 3.78. The highest BCUT2D eigenvalue weighted by Crippen LogP contribution is 2.41. The largest absolute Gasteiger partial charge is 0.342 e. The van der Waals surface area contributed by atoms with Crippen molar-refractivity contribution in [3.05, 3.63) is 126 Å². The number of aromatic nitrogens is 2. The molecule has 2 fully saturated rings. The lowest BCUT2D eigenvalue weighted by Crippen LogP contribution is -2.61. The second kappa shape index (κ2) is 13.3. The Kier molecular flexibility index (Phi) is 8.84. The summed E-state index contributed by atoms with van der Waals surface area (Å²) in [7, 11) is 1.34. The van der Waals surface area contributed by atoms with Gasteiger partial charge in [0.2, 0.25) is 17.7 Å². The Bertz CT molecular complexity index is 1690. The molecule has 11 heteroatoms. The molecule has 0 radical (unpaired) electrons. The van der Waals surface area contributed by atoms with Crippen LogP contribution in [0.2, 0.25) is 0 Å². The Morgan fingerprint density at radius 3 is 2.09 bits per heavy atom. The van der Waals surface area contributed by atoms with Crippen molar-refractivity contribution in [1.82, 2.24) is 30.0 Å². The summed E-state index contributed by atoms with van der Waals surface area (Å²) in [5.74, 6) is -1.57. The molecule has 238 valence electrons. The first kappa shape index (κ1) is 31.2. The van der Waals surface area contributed by atoms with Crippen molar-refractivity contribution in [1.29, 1.82) is 5.26 Å². The van der Waals surface area contributed by atoms with Crippen LogP contribution in [-0.2, 0) is 26.3 Å². The fraction of sp³-hybridized carbons (Fsp3) is 0.278. The number of nitriles is 1. The summed E-state index contributed by atoms with van der Waals surface area (Å²) < 4.78 is 2.03. The summed E-state index contributed by atoms with van der Waals surface area (Å²) in [5, 5.41) is 15.2. The van der Waals surface area contributed by atoms with Crippen molar-refractivity contribution in [3.63, 3.8) is 0 Å². The van der Waals surface area contributed by atoms with Crippen LogP contribution in [0.1, 0.15) is 41.6 Å². The first-order chi connectivity index (χ1) is 22.8. The monoisotopic (exact) mass is 629 g/mol. The Balaban J connectivity index is 1.45. The van der Waals surface area contributed by atoms with Crippen LogP contribution in [0, 0.1) is 11.3 Å². The number of urea groups is 1. The second-order valence-electron chi connectivity index (χ2n) is 11.8. The van der Waals surface area contributed by atoms with E-state index < -0.39 is 47.4 Å². The number of hydrogen-bond acceptors (Lipinski definition) is 6. The van der Waals surface area contributed by atoms with E-state index in [0.717, 1.165) is 21.6 Å². The third-order valence-corrected chi connectivity index (χ3v) is 9.04. The molecule has 0 spiro atoms. The van der Waals surface area contributed by atoms with Crippen LogP contribution >= 0.6 is 0 Å². The molecule has 0 saturated carbocycles. The second-order valence-corrected chi connectivity index (χ2v) is 11.8. The molecule has 3 atom stereocenters. The molecular formula is C36H35N7O4. The Morgan fingerprint density at radius 1 is 0.979 bits per heavy atom. The van der Waals surface area contributed by atoms with E-state index in [0.29, 0.717) is 25.1 Å². The van der Waals surface area contributed by atoms with Gasteiger partial charge in [-0.3, -0.25) is 19.3 Å². The molecule has 2 aliphatic heterocycles. The normalized spacial score (nSPS) is 18.7. The SMILES string of the molecule is CN1C(=O)C[C@@H](C(=O)N[C@@H](Cc2cncn2C(c2ccccc2)(c2ccccc2)c2ccccc2)C(=O)N2CCC[C@H]2C#N)NC1=O. The zero-order valence-electron chi connectivity index (χ0n) is 26.0. The van der Waals surface area contributed by atoms with Gasteiger partial charge >= 0.3 is 6.03 Å². The number of rotatable bonds is 9. The van der Waals surface area contributed by atoms with E-state index in [9.17, 15) is 24.4 Å². The van der Waals surface area contributed by atoms with Crippen molar-refractivity contribution in [2.75, 3.05) is 13.6 Å². The van der Waals surface area contributed by atoms with E-state index in [2.05, 4.69) is 58.1 Å². The summed E-state index contributed by atoms with van der Waals surface area (Å²) in [4.78, 5) is 59.5. The predicted molar refractivity (Wildman–Crippen MR) is 173 cm³/mol. The minimum Gasteiger partial charge on any atom is -0.342 e. The maximum atomic E-state index is 14.2. The van der Waals surface area contributed by atoms with Crippen LogP contribution in [-0.4, -0.2) is 74.8 Å². The van der Waals surface area contributed by atoms with Crippen LogP contribution < -0.4 is 10.6 Å². The lowest BCUT2D eigenvalue weighted by molar-refractivity contribution is -0.138.